The summed E-state index contributed by atoms with van der Waals surface area (Å²) in [6, 6.07) is 13.3. The molecule has 0 atom stereocenters. The number of aliphatic imine (C=N–C) groups is 1. The molecular weight excluding hydrogens is 410 g/mol. The number of ether oxygens (including phenoxy) is 1. The molecule has 2 N–H and O–H groups in total. The monoisotopic (exact) mass is 433 g/mol. The van der Waals surface area contributed by atoms with Crippen molar-refractivity contribution in [2.45, 2.75) is 19.5 Å². The normalized spacial score (nSPS) is 15.7. The number of hydrogen-bond acceptors (Lipinski definition) is 6. The Morgan fingerprint density at radius 1 is 1.22 bits per heavy atom. The van der Waals surface area contributed by atoms with Crippen LogP contribution in [0.1, 0.15) is 17.5 Å². The van der Waals surface area contributed by atoms with Gasteiger partial charge in [0.05, 0.1) is 24.2 Å². The number of hydrogen-bond donors (Lipinski definition) is 2. The Morgan fingerprint density at radius 3 is 2.94 bits per heavy atom. The number of fused-ring (bicyclic) bond motifs is 2. The summed E-state index contributed by atoms with van der Waals surface area (Å²) < 4.78 is 7.08. The number of morpholine rings is 1. The molecule has 1 fully saturated rings. The van der Waals surface area contributed by atoms with Gasteiger partial charge < -0.3 is 19.3 Å². The minimum atomic E-state index is -0.320. The van der Waals surface area contributed by atoms with Crippen molar-refractivity contribution in [1.82, 2.24) is 9.55 Å². The number of rotatable bonds is 6. The molecule has 2 aliphatic rings. The first-order chi connectivity index (χ1) is 15.7. The Hall–Kier alpha value is -3.56. The average molecular weight is 433 g/mol. The van der Waals surface area contributed by atoms with E-state index in [1.165, 1.54) is 0 Å². The first-order valence-corrected chi connectivity index (χ1v) is 10.6. The number of anilines is 2. The second-order valence-electron chi connectivity index (χ2n) is 7.71. The number of imidazole rings is 1. The molecule has 164 valence electrons. The van der Waals surface area contributed by atoms with Crippen LogP contribution in [0.5, 0.6) is 0 Å². The molecule has 0 aliphatic carbocycles. The van der Waals surface area contributed by atoms with Crippen LogP contribution in [0, 0.1) is 0 Å². The van der Waals surface area contributed by atoms with Gasteiger partial charge in [-0.15, -0.1) is 0 Å². The zero-order chi connectivity index (χ0) is 22.1. The molecule has 0 unspecified atom stereocenters. The topological polar surface area (TPSA) is 109 Å². The van der Waals surface area contributed by atoms with Crippen molar-refractivity contribution >= 4 is 40.2 Å². The first kappa shape index (κ1) is 20.3. The number of amides is 2. The number of aliphatic hydroxyl groups excluding tert-OH is 1. The highest BCUT2D eigenvalue weighted by Crippen LogP contribution is 2.27. The van der Waals surface area contributed by atoms with Crippen LogP contribution in [0.25, 0.3) is 11.0 Å². The second-order valence-corrected chi connectivity index (χ2v) is 7.71. The third-order valence-electron chi connectivity index (χ3n) is 5.69. The van der Waals surface area contributed by atoms with Crippen LogP contribution < -0.4 is 10.2 Å². The molecule has 9 heteroatoms. The zero-order valence-electron chi connectivity index (χ0n) is 17.5. The molecule has 0 spiro atoms. The van der Waals surface area contributed by atoms with Gasteiger partial charge in [0, 0.05) is 30.9 Å². The van der Waals surface area contributed by atoms with E-state index in [2.05, 4.69) is 15.3 Å². The van der Waals surface area contributed by atoms with Crippen LogP contribution in [0.15, 0.2) is 47.5 Å². The molecule has 2 amide bonds. The molecule has 2 aromatic carbocycles. The molecule has 32 heavy (non-hydrogen) atoms. The molecule has 0 saturated carbocycles. The SMILES string of the molecule is O=C(Nc1nc2cc(N3CCOCC3=O)ccc2n1CCCO)C1=NCc2ccccc21. The fraction of sp³-hybridized carbons (Fsp3) is 0.304. The van der Waals surface area contributed by atoms with E-state index in [4.69, 9.17) is 4.74 Å². The smallest absolute Gasteiger partial charge is 0.276 e. The highest BCUT2D eigenvalue weighted by atomic mass is 16.5. The number of aromatic nitrogens is 2. The Labute approximate surface area is 184 Å². The molecular formula is C23H23N5O4. The first-order valence-electron chi connectivity index (χ1n) is 10.6. The van der Waals surface area contributed by atoms with Crippen LogP contribution in [-0.4, -0.2) is 58.5 Å². The number of aryl methyl sites for hydroxylation is 1. The number of carbonyl (C=O) groups excluding carboxylic acids is 2. The van der Waals surface area contributed by atoms with Gasteiger partial charge in [0.1, 0.15) is 12.3 Å². The fourth-order valence-electron chi connectivity index (χ4n) is 4.12. The minimum absolute atomic E-state index is 0.0213. The lowest BCUT2D eigenvalue weighted by atomic mass is 10.1. The Balaban J connectivity index is 1.47. The van der Waals surface area contributed by atoms with Gasteiger partial charge in [0.15, 0.2) is 0 Å². The third kappa shape index (κ3) is 3.65. The molecule has 2 aliphatic heterocycles. The van der Waals surface area contributed by atoms with Gasteiger partial charge in [-0.05, 0) is 30.2 Å². The molecule has 1 aromatic heterocycles. The second kappa shape index (κ2) is 8.52. The van der Waals surface area contributed by atoms with Gasteiger partial charge >= 0.3 is 0 Å². The highest BCUT2D eigenvalue weighted by Gasteiger charge is 2.25. The fourth-order valence-corrected chi connectivity index (χ4v) is 4.12. The summed E-state index contributed by atoms with van der Waals surface area (Å²) in [6.45, 7) is 2.03. The third-order valence-corrected chi connectivity index (χ3v) is 5.69. The Morgan fingerprint density at radius 2 is 2.09 bits per heavy atom. The molecule has 3 aromatic rings. The minimum Gasteiger partial charge on any atom is -0.396 e. The van der Waals surface area contributed by atoms with Gasteiger partial charge in [-0.3, -0.25) is 19.9 Å². The van der Waals surface area contributed by atoms with Gasteiger partial charge in [-0.1, -0.05) is 24.3 Å². The van der Waals surface area contributed by atoms with E-state index in [9.17, 15) is 14.7 Å². The largest absolute Gasteiger partial charge is 0.396 e. The summed E-state index contributed by atoms with van der Waals surface area (Å²) in [7, 11) is 0. The molecule has 5 rings (SSSR count). The lowest BCUT2D eigenvalue weighted by Crippen LogP contribution is -2.41. The van der Waals surface area contributed by atoms with Crippen molar-refractivity contribution in [2.24, 2.45) is 4.99 Å². The Kier molecular flexibility index (Phi) is 5.42. The lowest BCUT2D eigenvalue weighted by Gasteiger charge is -2.26. The van der Waals surface area contributed by atoms with E-state index >= 15 is 0 Å². The summed E-state index contributed by atoms with van der Waals surface area (Å²) in [5, 5.41) is 12.2. The average Bonchev–Trinajstić information content (AvgIpc) is 3.38. The maximum Gasteiger partial charge on any atom is 0.276 e. The van der Waals surface area contributed by atoms with E-state index < -0.39 is 0 Å². The molecule has 9 nitrogen and oxygen atoms in total. The van der Waals surface area contributed by atoms with Crippen molar-refractivity contribution in [3.8, 4) is 0 Å². The standard InChI is InChI=1S/C23H23N5O4/c29-10-3-8-28-19-7-6-16(27-9-11-32-14-20(27)30)12-18(19)25-23(28)26-22(31)21-17-5-2-1-4-15(17)13-24-21/h1-2,4-7,12,29H,3,8-11,13-14H2,(H,25,26,31). The van der Waals surface area contributed by atoms with Crippen LogP contribution in [0.2, 0.25) is 0 Å². The predicted octanol–water partition coefficient (Wildman–Crippen LogP) is 1.72. The van der Waals surface area contributed by atoms with Crippen LogP contribution >= 0.6 is 0 Å². The summed E-state index contributed by atoms with van der Waals surface area (Å²) in [4.78, 5) is 36.0. The van der Waals surface area contributed by atoms with E-state index in [0.29, 0.717) is 49.8 Å². The highest BCUT2D eigenvalue weighted by molar-refractivity contribution is 6.49. The maximum atomic E-state index is 13.0. The van der Waals surface area contributed by atoms with Gasteiger partial charge in [0.2, 0.25) is 5.95 Å². The summed E-state index contributed by atoms with van der Waals surface area (Å²) in [5.41, 5.74) is 4.45. The van der Waals surface area contributed by atoms with Gasteiger partial charge in [-0.25, -0.2) is 4.98 Å². The van der Waals surface area contributed by atoms with Gasteiger partial charge in [-0.2, -0.15) is 0 Å². The number of nitrogens with one attached hydrogen (secondary N) is 1. The number of nitrogens with zero attached hydrogens (tertiary/aromatic N) is 4. The Bertz CT molecular complexity index is 1230. The van der Waals surface area contributed by atoms with E-state index in [-0.39, 0.29) is 25.0 Å². The number of aliphatic hydroxyl groups is 1. The summed E-state index contributed by atoms with van der Waals surface area (Å²) in [6.07, 6.45) is 0.516. The summed E-state index contributed by atoms with van der Waals surface area (Å²) >= 11 is 0. The van der Waals surface area contributed by atoms with Crippen molar-refractivity contribution in [3.05, 3.63) is 53.6 Å². The van der Waals surface area contributed by atoms with Crippen molar-refractivity contribution in [2.75, 3.05) is 36.6 Å². The quantitative estimate of drug-likeness (QED) is 0.615. The van der Waals surface area contributed by atoms with Crippen molar-refractivity contribution in [3.63, 3.8) is 0 Å². The van der Waals surface area contributed by atoms with Gasteiger partial charge in [0.25, 0.3) is 11.8 Å². The van der Waals surface area contributed by atoms with Crippen molar-refractivity contribution in [1.29, 1.82) is 0 Å². The number of carbonyl (C=O) groups is 2. The molecule has 1 saturated heterocycles. The molecule has 0 radical (unpaired) electrons. The predicted molar refractivity (Wildman–Crippen MR) is 120 cm³/mol. The van der Waals surface area contributed by atoms with Crippen molar-refractivity contribution < 1.29 is 19.4 Å². The summed E-state index contributed by atoms with van der Waals surface area (Å²) in [5.74, 6) is -0.0307. The van der Waals surface area contributed by atoms with E-state index in [0.717, 1.165) is 22.3 Å². The van der Waals surface area contributed by atoms with Crippen LogP contribution in [-0.2, 0) is 27.4 Å². The number of benzene rings is 2. The molecule has 0 bridgehead atoms. The van der Waals surface area contributed by atoms with Crippen LogP contribution in [0.4, 0.5) is 11.6 Å². The van der Waals surface area contributed by atoms with Crippen LogP contribution in [0.3, 0.4) is 0 Å². The molecule has 3 heterocycles. The van der Waals surface area contributed by atoms with E-state index in [1.807, 2.05) is 47.0 Å². The van der Waals surface area contributed by atoms with E-state index in [1.54, 1.807) is 4.90 Å². The lowest BCUT2D eigenvalue weighted by molar-refractivity contribution is -0.125. The zero-order valence-corrected chi connectivity index (χ0v) is 17.5. The maximum absolute atomic E-state index is 13.0.